The van der Waals surface area contributed by atoms with E-state index in [1.54, 1.807) is 12.1 Å². The minimum Gasteiger partial charge on any atom is -0.368 e. The molecule has 0 N–H and O–H groups in total. The third kappa shape index (κ3) is 4.92. The minimum atomic E-state index is -3.84. The number of ether oxygens (including phenoxy) is 1. The van der Waals surface area contributed by atoms with Crippen molar-refractivity contribution in [2.45, 2.75) is 31.0 Å². The van der Waals surface area contributed by atoms with Crippen LogP contribution in [0.2, 0.25) is 0 Å². The van der Waals surface area contributed by atoms with Gasteiger partial charge in [0, 0.05) is 17.7 Å². The van der Waals surface area contributed by atoms with Gasteiger partial charge in [0.15, 0.2) is 0 Å². The Balaban J connectivity index is 1.61. The molecule has 5 heteroatoms. The van der Waals surface area contributed by atoms with Crippen molar-refractivity contribution in [1.29, 1.82) is 0 Å². The van der Waals surface area contributed by atoms with E-state index in [2.05, 4.69) is 0 Å². The largest absolute Gasteiger partial charge is 0.368 e. The zero-order chi connectivity index (χ0) is 24.3. The second-order valence-corrected chi connectivity index (χ2v) is 10.5. The number of nitrogens with zero attached hydrogens (tertiary/aromatic N) is 1. The Morgan fingerprint density at radius 1 is 0.829 bits per heavy atom. The monoisotopic (exact) mass is 481 g/mol. The molecule has 176 valence electrons. The predicted octanol–water partition coefficient (Wildman–Crippen LogP) is 6.89. The van der Waals surface area contributed by atoms with Crippen molar-refractivity contribution in [1.82, 2.24) is 0 Å². The first-order valence-corrected chi connectivity index (χ1v) is 13.1. The fourth-order valence-electron chi connectivity index (χ4n) is 4.36. The smallest absolute Gasteiger partial charge is 0.268 e. The summed E-state index contributed by atoms with van der Waals surface area (Å²) >= 11 is 0. The summed E-state index contributed by atoms with van der Waals surface area (Å²) in [7, 11) is -3.84. The summed E-state index contributed by atoms with van der Waals surface area (Å²) in [5.74, 6) is 0. The summed E-state index contributed by atoms with van der Waals surface area (Å²) in [5.41, 5.74) is 5.19. The highest BCUT2D eigenvalue weighted by atomic mass is 32.2. The van der Waals surface area contributed by atoms with Crippen LogP contribution in [-0.2, 0) is 21.4 Å². The number of fused-ring (bicyclic) bond motifs is 1. The molecule has 0 radical (unpaired) electrons. The third-order valence-corrected chi connectivity index (χ3v) is 7.92. The summed E-state index contributed by atoms with van der Waals surface area (Å²) in [6.07, 6.45) is 2.11. The zero-order valence-electron chi connectivity index (χ0n) is 19.5. The van der Waals surface area contributed by atoms with E-state index >= 15 is 0 Å². The number of hydrogen-bond acceptors (Lipinski definition) is 3. The second-order valence-electron chi connectivity index (χ2n) is 8.68. The van der Waals surface area contributed by atoms with Gasteiger partial charge in [-0.2, -0.15) is 0 Å². The quantitative estimate of drug-likeness (QED) is 0.301. The molecule has 35 heavy (non-hydrogen) atoms. The predicted molar refractivity (Wildman–Crippen MR) is 140 cm³/mol. The van der Waals surface area contributed by atoms with Crippen molar-refractivity contribution >= 4 is 21.8 Å². The normalized spacial score (nSPS) is 16.8. The summed E-state index contributed by atoms with van der Waals surface area (Å²) in [4.78, 5) is 0.264. The molecule has 4 aromatic carbocycles. The van der Waals surface area contributed by atoms with Crippen molar-refractivity contribution in [2.75, 3.05) is 4.31 Å². The lowest BCUT2D eigenvalue weighted by Crippen LogP contribution is -2.35. The van der Waals surface area contributed by atoms with Crippen molar-refractivity contribution in [3.63, 3.8) is 0 Å². The number of benzene rings is 4. The Morgan fingerprint density at radius 3 is 2.17 bits per heavy atom. The van der Waals surface area contributed by atoms with Gasteiger partial charge in [0.25, 0.3) is 10.0 Å². The lowest BCUT2D eigenvalue weighted by atomic mass is 9.97. The van der Waals surface area contributed by atoms with E-state index in [0.717, 1.165) is 22.3 Å². The van der Waals surface area contributed by atoms with Crippen LogP contribution in [0.5, 0.6) is 0 Å². The van der Waals surface area contributed by atoms with Crippen LogP contribution in [0.3, 0.4) is 0 Å². The van der Waals surface area contributed by atoms with E-state index in [9.17, 15) is 8.42 Å². The number of aryl methyl sites for hydroxylation is 1. The SMILES string of the molecule is Cc1ccc(S(=O)(=O)N2/C(=C/c3ccccc3)CC(OCc3ccccc3)c3ccccc32)cc1. The number of anilines is 1. The Labute approximate surface area is 207 Å². The minimum absolute atomic E-state index is 0.264. The Hall–Kier alpha value is -3.67. The summed E-state index contributed by atoms with van der Waals surface area (Å²) < 4.78 is 35.9. The van der Waals surface area contributed by atoms with E-state index in [4.69, 9.17) is 4.74 Å². The summed E-state index contributed by atoms with van der Waals surface area (Å²) in [6, 6.07) is 34.4. The average Bonchev–Trinajstić information content (AvgIpc) is 2.88. The van der Waals surface area contributed by atoms with Crippen LogP contribution in [-0.4, -0.2) is 8.42 Å². The molecule has 1 aliphatic heterocycles. The van der Waals surface area contributed by atoms with Crippen LogP contribution in [0.15, 0.2) is 120 Å². The van der Waals surface area contributed by atoms with Gasteiger partial charge in [-0.15, -0.1) is 0 Å². The number of rotatable bonds is 6. The number of sulfonamides is 1. The first-order chi connectivity index (χ1) is 17.0. The van der Waals surface area contributed by atoms with Crippen LogP contribution in [0.4, 0.5) is 5.69 Å². The molecule has 0 aromatic heterocycles. The van der Waals surface area contributed by atoms with Gasteiger partial charge in [-0.05, 0) is 42.3 Å². The van der Waals surface area contributed by atoms with Gasteiger partial charge >= 0.3 is 0 Å². The van der Waals surface area contributed by atoms with Crippen LogP contribution >= 0.6 is 0 Å². The average molecular weight is 482 g/mol. The van der Waals surface area contributed by atoms with Gasteiger partial charge in [-0.1, -0.05) is 96.6 Å². The van der Waals surface area contributed by atoms with Crippen LogP contribution in [0, 0.1) is 6.92 Å². The molecule has 0 saturated heterocycles. The molecule has 1 aliphatic rings. The Kier molecular flexibility index (Phi) is 6.53. The van der Waals surface area contributed by atoms with Gasteiger partial charge < -0.3 is 4.74 Å². The van der Waals surface area contributed by atoms with Gasteiger partial charge in [-0.25, -0.2) is 12.7 Å². The van der Waals surface area contributed by atoms with Gasteiger partial charge in [0.1, 0.15) is 0 Å². The first-order valence-electron chi connectivity index (χ1n) is 11.6. The van der Waals surface area contributed by atoms with Crippen LogP contribution in [0.25, 0.3) is 6.08 Å². The van der Waals surface area contributed by atoms with Gasteiger partial charge in [0.05, 0.1) is 23.3 Å². The highest BCUT2D eigenvalue weighted by Crippen LogP contribution is 2.44. The molecule has 4 aromatic rings. The second kappa shape index (κ2) is 9.90. The lowest BCUT2D eigenvalue weighted by molar-refractivity contribution is 0.0385. The van der Waals surface area contributed by atoms with E-state index in [1.165, 1.54) is 4.31 Å². The molecule has 0 spiro atoms. The van der Waals surface area contributed by atoms with E-state index < -0.39 is 10.0 Å². The molecule has 0 saturated carbocycles. The van der Waals surface area contributed by atoms with E-state index in [0.29, 0.717) is 24.4 Å². The highest BCUT2D eigenvalue weighted by molar-refractivity contribution is 7.93. The van der Waals surface area contributed by atoms with Crippen LogP contribution < -0.4 is 4.31 Å². The van der Waals surface area contributed by atoms with Crippen molar-refractivity contribution < 1.29 is 13.2 Å². The molecule has 1 atom stereocenters. The van der Waals surface area contributed by atoms with Gasteiger partial charge in [-0.3, -0.25) is 0 Å². The highest BCUT2D eigenvalue weighted by Gasteiger charge is 2.37. The standard InChI is InChI=1S/C30H27NO3S/c1-23-16-18-27(19-17-23)35(32,33)31-26(20-24-10-4-2-5-11-24)21-30(28-14-8-9-15-29(28)31)34-22-25-12-6-3-7-13-25/h2-20,30H,21-22H2,1H3/b26-20+. The maximum absolute atomic E-state index is 14.0. The number of hydrogen-bond donors (Lipinski definition) is 0. The van der Waals surface area contributed by atoms with E-state index in [-0.39, 0.29) is 11.0 Å². The maximum Gasteiger partial charge on any atom is 0.268 e. The molecule has 1 heterocycles. The molecule has 0 bridgehead atoms. The summed E-state index contributed by atoms with van der Waals surface area (Å²) in [6.45, 7) is 2.39. The van der Waals surface area contributed by atoms with Gasteiger partial charge in [0.2, 0.25) is 0 Å². The molecule has 5 rings (SSSR count). The van der Waals surface area contributed by atoms with Crippen molar-refractivity contribution in [3.05, 3.63) is 137 Å². The fourth-order valence-corrected chi connectivity index (χ4v) is 5.91. The third-order valence-electron chi connectivity index (χ3n) is 6.14. The summed E-state index contributed by atoms with van der Waals surface area (Å²) in [5, 5.41) is 0. The fraction of sp³-hybridized carbons (Fsp3) is 0.133. The lowest BCUT2D eigenvalue weighted by Gasteiger charge is -2.37. The van der Waals surface area contributed by atoms with E-state index in [1.807, 2.05) is 110 Å². The molecule has 0 fully saturated rings. The Morgan fingerprint density at radius 2 is 1.46 bits per heavy atom. The number of para-hydroxylation sites is 1. The zero-order valence-corrected chi connectivity index (χ0v) is 20.4. The topological polar surface area (TPSA) is 46.6 Å². The van der Waals surface area contributed by atoms with Crippen molar-refractivity contribution in [2.24, 2.45) is 0 Å². The van der Waals surface area contributed by atoms with Crippen LogP contribution in [0.1, 0.15) is 34.8 Å². The maximum atomic E-state index is 14.0. The molecular weight excluding hydrogens is 454 g/mol. The first kappa shape index (κ1) is 23.1. The molecule has 0 amide bonds. The Bertz CT molecular complexity index is 1430. The molecule has 0 aliphatic carbocycles. The molecule has 1 unspecified atom stereocenters. The molecule has 4 nitrogen and oxygen atoms in total. The molecular formula is C30H27NO3S. The van der Waals surface area contributed by atoms with Crippen molar-refractivity contribution in [3.8, 4) is 0 Å².